The van der Waals surface area contributed by atoms with Gasteiger partial charge in [0, 0.05) is 19.1 Å². The first-order valence-corrected chi connectivity index (χ1v) is 7.58. The zero-order valence-corrected chi connectivity index (χ0v) is 12.0. The summed E-state index contributed by atoms with van der Waals surface area (Å²) in [6, 6.07) is 7.95. The van der Waals surface area contributed by atoms with Gasteiger partial charge in [-0.15, -0.1) is 0 Å². The lowest BCUT2D eigenvalue weighted by molar-refractivity contribution is 0.314. The van der Waals surface area contributed by atoms with Crippen molar-refractivity contribution in [1.82, 2.24) is 14.5 Å². The zero-order valence-electron chi connectivity index (χ0n) is 11.2. The molecule has 1 saturated carbocycles. The smallest absolute Gasteiger partial charge is 0.178 e. The van der Waals surface area contributed by atoms with Gasteiger partial charge in [-0.05, 0) is 56.1 Å². The second kappa shape index (κ2) is 4.18. The van der Waals surface area contributed by atoms with Crippen LogP contribution in [0.15, 0.2) is 18.2 Å². The van der Waals surface area contributed by atoms with E-state index in [2.05, 4.69) is 39.6 Å². The van der Waals surface area contributed by atoms with Crippen LogP contribution in [-0.2, 0) is 0 Å². The van der Waals surface area contributed by atoms with Gasteiger partial charge in [0.05, 0.1) is 17.1 Å². The summed E-state index contributed by atoms with van der Waals surface area (Å²) in [6.45, 7) is 4.54. The van der Waals surface area contributed by atoms with E-state index in [4.69, 9.17) is 12.2 Å². The van der Waals surface area contributed by atoms with Crippen LogP contribution >= 0.6 is 12.2 Å². The van der Waals surface area contributed by atoms with Gasteiger partial charge in [0.15, 0.2) is 4.77 Å². The molecule has 1 aliphatic heterocycles. The van der Waals surface area contributed by atoms with Crippen molar-refractivity contribution in [2.45, 2.75) is 38.3 Å². The normalized spacial score (nSPS) is 24.4. The predicted octanol–water partition coefficient (Wildman–Crippen LogP) is 3.42. The van der Waals surface area contributed by atoms with Crippen molar-refractivity contribution in [3.63, 3.8) is 0 Å². The number of H-pyrrole nitrogens is 1. The Bertz CT molecular complexity index is 680. The van der Waals surface area contributed by atoms with E-state index in [1.807, 2.05) is 0 Å². The number of nitrogens with zero attached hydrogens (tertiary/aromatic N) is 2. The first-order valence-electron chi connectivity index (χ1n) is 7.17. The highest BCUT2D eigenvalue weighted by Gasteiger charge is 2.35. The number of aromatic nitrogens is 2. The summed E-state index contributed by atoms with van der Waals surface area (Å²) in [5.74, 6) is 0. The second-order valence-corrected chi connectivity index (χ2v) is 6.38. The molecule has 0 bridgehead atoms. The summed E-state index contributed by atoms with van der Waals surface area (Å²) in [7, 11) is 0. The van der Waals surface area contributed by atoms with Gasteiger partial charge in [0.1, 0.15) is 0 Å². The number of nitrogens with one attached hydrogen (secondary N) is 1. The number of benzene rings is 1. The van der Waals surface area contributed by atoms with Crippen molar-refractivity contribution in [3.05, 3.63) is 28.5 Å². The molecular formula is C15H19N3S. The van der Waals surface area contributed by atoms with Gasteiger partial charge >= 0.3 is 0 Å². The molecular weight excluding hydrogens is 254 g/mol. The molecule has 1 aliphatic carbocycles. The van der Waals surface area contributed by atoms with Crippen LogP contribution in [0, 0.1) is 11.7 Å². The molecule has 2 fully saturated rings. The Balaban J connectivity index is 1.75. The summed E-state index contributed by atoms with van der Waals surface area (Å²) in [5.41, 5.74) is 3.74. The minimum Gasteiger partial charge on any atom is -0.331 e. The summed E-state index contributed by atoms with van der Waals surface area (Å²) in [4.78, 5) is 5.99. The summed E-state index contributed by atoms with van der Waals surface area (Å²) < 4.78 is 3.23. The van der Waals surface area contributed by atoms with Crippen molar-refractivity contribution >= 4 is 23.3 Å². The Morgan fingerprint density at radius 2 is 2.05 bits per heavy atom. The highest BCUT2D eigenvalue weighted by Crippen LogP contribution is 2.34. The summed E-state index contributed by atoms with van der Waals surface area (Å²) >= 11 is 5.54. The molecule has 4 rings (SSSR count). The van der Waals surface area contributed by atoms with E-state index in [-0.39, 0.29) is 0 Å². The predicted molar refractivity (Wildman–Crippen MR) is 80.1 cm³/mol. The molecule has 3 nitrogen and oxygen atoms in total. The maximum Gasteiger partial charge on any atom is 0.178 e. The molecule has 2 aliphatic rings. The van der Waals surface area contributed by atoms with Gasteiger partial charge in [0.25, 0.3) is 0 Å². The van der Waals surface area contributed by atoms with Crippen molar-refractivity contribution in [2.75, 3.05) is 13.1 Å². The van der Waals surface area contributed by atoms with Crippen molar-refractivity contribution in [1.29, 1.82) is 0 Å². The molecule has 0 spiro atoms. The number of rotatable bonds is 2. The van der Waals surface area contributed by atoms with Gasteiger partial charge in [-0.3, -0.25) is 4.90 Å². The maximum atomic E-state index is 5.54. The highest BCUT2D eigenvalue weighted by molar-refractivity contribution is 7.71. The fourth-order valence-corrected chi connectivity index (χ4v) is 3.70. The van der Waals surface area contributed by atoms with E-state index in [1.54, 1.807) is 0 Å². The molecule has 1 unspecified atom stereocenters. The van der Waals surface area contributed by atoms with Crippen molar-refractivity contribution in [2.24, 2.45) is 0 Å². The Morgan fingerprint density at radius 1 is 1.21 bits per heavy atom. The van der Waals surface area contributed by atoms with Gasteiger partial charge in [-0.25, -0.2) is 0 Å². The van der Waals surface area contributed by atoms with Crippen LogP contribution in [0.3, 0.4) is 0 Å². The molecule has 1 aromatic heterocycles. The Kier molecular flexibility index (Phi) is 2.57. The largest absolute Gasteiger partial charge is 0.331 e. The molecule has 2 heterocycles. The zero-order chi connectivity index (χ0) is 13.0. The Morgan fingerprint density at radius 3 is 2.84 bits per heavy atom. The minimum absolute atomic E-state index is 0.545. The average molecular weight is 273 g/mol. The number of likely N-dealkylation sites (tertiary alicyclic amines) is 1. The summed E-state index contributed by atoms with van der Waals surface area (Å²) in [5, 5.41) is 0. The van der Waals surface area contributed by atoms with Crippen LogP contribution in [0.4, 0.5) is 0 Å². The van der Waals surface area contributed by atoms with Gasteiger partial charge in [-0.1, -0.05) is 6.07 Å². The van der Waals surface area contributed by atoms with Gasteiger partial charge in [-0.2, -0.15) is 0 Å². The number of aryl methyl sites for hydroxylation is 1. The van der Waals surface area contributed by atoms with Gasteiger partial charge in [0.2, 0.25) is 0 Å². The number of hydrogen-bond donors (Lipinski definition) is 1. The van der Waals surface area contributed by atoms with E-state index in [0.717, 1.165) is 10.8 Å². The maximum absolute atomic E-state index is 5.54. The van der Waals surface area contributed by atoms with Crippen molar-refractivity contribution in [3.8, 4) is 0 Å². The number of imidazole rings is 1. The van der Waals surface area contributed by atoms with E-state index in [0.29, 0.717) is 6.04 Å². The van der Waals surface area contributed by atoms with Crippen molar-refractivity contribution < 1.29 is 0 Å². The topological polar surface area (TPSA) is 24.0 Å². The van der Waals surface area contributed by atoms with Crippen LogP contribution in [0.5, 0.6) is 0 Å². The molecule has 2 aromatic rings. The molecule has 1 aromatic carbocycles. The van der Waals surface area contributed by atoms with Gasteiger partial charge < -0.3 is 9.55 Å². The standard InChI is InChI=1S/C15H19N3S/c1-10-2-5-13-14(8-10)18(15(19)16-13)12-6-7-17(9-12)11-3-4-11/h2,5,8,11-12H,3-4,6-7,9H2,1H3,(H,16,19). The number of fused-ring (bicyclic) bond motifs is 1. The molecule has 0 radical (unpaired) electrons. The van der Waals surface area contributed by atoms with Crippen LogP contribution in [0.2, 0.25) is 0 Å². The summed E-state index contributed by atoms with van der Waals surface area (Å²) in [6.07, 6.45) is 4.02. The Labute approximate surface area is 118 Å². The lowest BCUT2D eigenvalue weighted by Gasteiger charge is -2.16. The highest BCUT2D eigenvalue weighted by atomic mass is 32.1. The molecule has 0 amide bonds. The third kappa shape index (κ3) is 1.94. The van der Waals surface area contributed by atoms with E-state index >= 15 is 0 Å². The molecule has 1 N–H and O–H groups in total. The lowest BCUT2D eigenvalue weighted by atomic mass is 10.2. The van der Waals surface area contributed by atoms with E-state index in [9.17, 15) is 0 Å². The van der Waals surface area contributed by atoms with Crippen LogP contribution < -0.4 is 0 Å². The molecule has 100 valence electrons. The fraction of sp³-hybridized carbons (Fsp3) is 0.533. The van der Waals surface area contributed by atoms with Crippen LogP contribution in [0.1, 0.15) is 30.9 Å². The Hall–Kier alpha value is -1.13. The monoisotopic (exact) mass is 273 g/mol. The third-order valence-corrected chi connectivity index (χ3v) is 4.80. The SMILES string of the molecule is Cc1ccc2[nH]c(=S)n(C3CCN(C4CC4)C3)c2c1. The average Bonchev–Trinajstić information content (AvgIpc) is 3.03. The molecule has 4 heteroatoms. The van der Waals surface area contributed by atoms with E-state index in [1.165, 1.54) is 48.9 Å². The number of hydrogen-bond acceptors (Lipinski definition) is 2. The molecule has 1 atom stereocenters. The van der Waals surface area contributed by atoms with E-state index < -0.39 is 0 Å². The fourth-order valence-electron chi connectivity index (χ4n) is 3.34. The first-order chi connectivity index (χ1) is 9.22. The van der Waals surface area contributed by atoms with Crippen LogP contribution in [0.25, 0.3) is 11.0 Å². The lowest BCUT2D eigenvalue weighted by Crippen LogP contribution is -2.23. The third-order valence-electron chi connectivity index (χ3n) is 4.50. The quantitative estimate of drug-likeness (QED) is 0.848. The first kappa shape index (κ1) is 11.7. The van der Waals surface area contributed by atoms with Crippen LogP contribution in [-0.4, -0.2) is 33.6 Å². The molecule has 19 heavy (non-hydrogen) atoms. The second-order valence-electron chi connectivity index (χ2n) is 5.99. The number of aromatic amines is 1. The molecule has 1 saturated heterocycles. The minimum atomic E-state index is 0.545.